The van der Waals surface area contributed by atoms with Crippen molar-refractivity contribution in [2.45, 2.75) is 32.7 Å². The fourth-order valence-electron chi connectivity index (χ4n) is 2.65. The topological polar surface area (TPSA) is 18.5 Å². The highest BCUT2D eigenvalue weighted by Crippen LogP contribution is 2.27. The van der Waals surface area contributed by atoms with Gasteiger partial charge in [-0.05, 0) is 31.8 Å². The van der Waals surface area contributed by atoms with Crippen LogP contribution in [0.1, 0.15) is 26.7 Å². The average molecular weight is 225 g/mol. The lowest BCUT2D eigenvalue weighted by Crippen LogP contribution is -2.48. The Labute approximate surface area is 100 Å². The maximum atomic E-state index is 3.44. The van der Waals surface area contributed by atoms with Crippen molar-refractivity contribution in [3.05, 3.63) is 0 Å². The molecule has 0 bridgehead atoms. The van der Waals surface area contributed by atoms with Crippen molar-refractivity contribution >= 4 is 0 Å². The minimum Gasteiger partial charge on any atom is -0.317 e. The lowest BCUT2D eigenvalue weighted by Gasteiger charge is -2.36. The van der Waals surface area contributed by atoms with Crippen molar-refractivity contribution in [1.29, 1.82) is 0 Å². The molecule has 16 heavy (non-hydrogen) atoms. The molecule has 1 atom stereocenters. The Morgan fingerprint density at radius 1 is 1.19 bits per heavy atom. The van der Waals surface area contributed by atoms with Gasteiger partial charge in [0, 0.05) is 38.8 Å². The minimum atomic E-state index is 0.785. The van der Waals surface area contributed by atoms with Crippen LogP contribution in [0.25, 0.3) is 0 Å². The van der Waals surface area contributed by atoms with Crippen molar-refractivity contribution in [2.24, 2.45) is 5.92 Å². The van der Waals surface area contributed by atoms with E-state index in [1.54, 1.807) is 0 Å². The van der Waals surface area contributed by atoms with Crippen LogP contribution in [0.2, 0.25) is 0 Å². The first-order chi connectivity index (χ1) is 7.79. The number of nitrogens with zero attached hydrogens (tertiary/aromatic N) is 2. The van der Waals surface area contributed by atoms with Gasteiger partial charge in [0.2, 0.25) is 0 Å². The van der Waals surface area contributed by atoms with Gasteiger partial charge >= 0.3 is 0 Å². The van der Waals surface area contributed by atoms with E-state index in [9.17, 15) is 0 Å². The normalized spacial score (nSPS) is 25.9. The molecule has 2 fully saturated rings. The molecular formula is C13H27N3. The molecule has 0 aromatic carbocycles. The third-order valence-electron chi connectivity index (χ3n) is 3.78. The van der Waals surface area contributed by atoms with E-state index in [1.807, 2.05) is 0 Å². The number of piperazine rings is 1. The van der Waals surface area contributed by atoms with Crippen molar-refractivity contribution in [2.75, 3.05) is 45.8 Å². The lowest BCUT2D eigenvalue weighted by molar-refractivity contribution is 0.114. The molecule has 0 radical (unpaired) electrons. The highest BCUT2D eigenvalue weighted by atomic mass is 15.3. The molecule has 1 unspecified atom stereocenters. The number of hydrogen-bond donors (Lipinski definition) is 1. The highest BCUT2D eigenvalue weighted by Gasteiger charge is 2.31. The van der Waals surface area contributed by atoms with Gasteiger partial charge in [0.15, 0.2) is 0 Å². The Morgan fingerprint density at radius 2 is 1.88 bits per heavy atom. The fourth-order valence-corrected chi connectivity index (χ4v) is 2.65. The molecule has 94 valence electrons. The van der Waals surface area contributed by atoms with Crippen molar-refractivity contribution in [1.82, 2.24) is 15.1 Å². The van der Waals surface area contributed by atoms with Gasteiger partial charge in [0.05, 0.1) is 0 Å². The van der Waals surface area contributed by atoms with Gasteiger partial charge in [0.25, 0.3) is 0 Å². The molecule has 3 nitrogen and oxygen atoms in total. The lowest BCUT2D eigenvalue weighted by atomic mass is 10.1. The van der Waals surface area contributed by atoms with E-state index < -0.39 is 0 Å². The van der Waals surface area contributed by atoms with E-state index in [0.717, 1.165) is 18.5 Å². The molecule has 1 aliphatic heterocycles. The minimum absolute atomic E-state index is 0.785. The molecule has 1 heterocycles. The molecule has 1 N–H and O–H groups in total. The van der Waals surface area contributed by atoms with Crippen molar-refractivity contribution in [3.8, 4) is 0 Å². The van der Waals surface area contributed by atoms with Gasteiger partial charge in [-0.25, -0.2) is 0 Å². The third-order valence-corrected chi connectivity index (χ3v) is 3.78. The average Bonchev–Trinajstić information content (AvgIpc) is 3.11. The standard InChI is InChI=1S/C13H27N3/c1-3-14-10-12(2)11-15-6-8-16(9-7-15)13-4-5-13/h12-14H,3-11H2,1-2H3. The predicted molar refractivity (Wildman–Crippen MR) is 68.7 cm³/mol. The number of rotatable bonds is 6. The van der Waals surface area contributed by atoms with E-state index in [-0.39, 0.29) is 0 Å². The summed E-state index contributed by atoms with van der Waals surface area (Å²) in [4.78, 5) is 5.33. The van der Waals surface area contributed by atoms with Crippen LogP contribution in [0.15, 0.2) is 0 Å². The van der Waals surface area contributed by atoms with Crippen molar-refractivity contribution in [3.63, 3.8) is 0 Å². The molecular weight excluding hydrogens is 198 g/mol. The van der Waals surface area contributed by atoms with Crippen LogP contribution in [-0.4, -0.2) is 61.7 Å². The quantitative estimate of drug-likeness (QED) is 0.728. The van der Waals surface area contributed by atoms with Crippen LogP contribution >= 0.6 is 0 Å². The molecule has 1 aliphatic carbocycles. The maximum Gasteiger partial charge on any atom is 0.0113 e. The van der Waals surface area contributed by atoms with Crippen LogP contribution in [0, 0.1) is 5.92 Å². The zero-order valence-electron chi connectivity index (χ0n) is 10.9. The monoisotopic (exact) mass is 225 g/mol. The SMILES string of the molecule is CCNCC(C)CN1CCN(C2CC2)CC1. The fraction of sp³-hybridized carbons (Fsp3) is 1.00. The first-order valence-electron chi connectivity index (χ1n) is 6.96. The van der Waals surface area contributed by atoms with Crippen LogP contribution < -0.4 is 5.32 Å². The van der Waals surface area contributed by atoms with Gasteiger partial charge in [-0.3, -0.25) is 4.90 Å². The summed E-state index contributed by atoms with van der Waals surface area (Å²) in [5.41, 5.74) is 0. The molecule has 0 aromatic heterocycles. The summed E-state index contributed by atoms with van der Waals surface area (Å²) in [6, 6.07) is 0.960. The maximum absolute atomic E-state index is 3.44. The molecule has 3 heteroatoms. The smallest absolute Gasteiger partial charge is 0.0113 e. The highest BCUT2D eigenvalue weighted by molar-refractivity contribution is 4.87. The number of nitrogens with one attached hydrogen (secondary N) is 1. The summed E-state index contributed by atoms with van der Waals surface area (Å²) in [7, 11) is 0. The Hall–Kier alpha value is -0.120. The first kappa shape index (κ1) is 12.3. The third kappa shape index (κ3) is 3.72. The Bertz CT molecular complexity index is 195. The van der Waals surface area contributed by atoms with E-state index in [1.165, 1.54) is 52.1 Å². The zero-order chi connectivity index (χ0) is 11.4. The van der Waals surface area contributed by atoms with Gasteiger partial charge in [-0.2, -0.15) is 0 Å². The summed E-state index contributed by atoms with van der Waals surface area (Å²) in [5.74, 6) is 0.785. The summed E-state index contributed by atoms with van der Waals surface area (Å²) < 4.78 is 0. The van der Waals surface area contributed by atoms with E-state index in [0.29, 0.717) is 0 Å². The predicted octanol–water partition coefficient (Wildman–Crippen LogP) is 1.01. The van der Waals surface area contributed by atoms with Gasteiger partial charge < -0.3 is 10.2 Å². The van der Waals surface area contributed by atoms with Crippen molar-refractivity contribution < 1.29 is 0 Å². The molecule has 2 aliphatic rings. The van der Waals surface area contributed by atoms with E-state index in [2.05, 4.69) is 29.0 Å². The van der Waals surface area contributed by atoms with Crippen LogP contribution in [0.4, 0.5) is 0 Å². The second kappa shape index (κ2) is 5.99. The summed E-state index contributed by atoms with van der Waals surface area (Å²) in [5, 5.41) is 3.44. The molecule has 1 saturated carbocycles. The second-order valence-electron chi connectivity index (χ2n) is 5.48. The van der Waals surface area contributed by atoms with Crippen LogP contribution in [0.5, 0.6) is 0 Å². The second-order valence-corrected chi connectivity index (χ2v) is 5.48. The Morgan fingerprint density at radius 3 is 2.44 bits per heavy atom. The summed E-state index contributed by atoms with van der Waals surface area (Å²) >= 11 is 0. The van der Waals surface area contributed by atoms with Crippen LogP contribution in [-0.2, 0) is 0 Å². The van der Waals surface area contributed by atoms with Gasteiger partial charge in [-0.1, -0.05) is 13.8 Å². The van der Waals surface area contributed by atoms with E-state index >= 15 is 0 Å². The van der Waals surface area contributed by atoms with Gasteiger partial charge in [0.1, 0.15) is 0 Å². The summed E-state index contributed by atoms with van der Waals surface area (Å²) in [6.07, 6.45) is 2.91. The zero-order valence-corrected chi connectivity index (χ0v) is 10.9. The summed E-state index contributed by atoms with van der Waals surface area (Å²) in [6.45, 7) is 13.2. The largest absolute Gasteiger partial charge is 0.317 e. The molecule has 0 aromatic rings. The first-order valence-corrected chi connectivity index (χ1v) is 6.96. The van der Waals surface area contributed by atoms with E-state index in [4.69, 9.17) is 0 Å². The molecule has 0 amide bonds. The molecule has 0 spiro atoms. The Kier molecular flexibility index (Phi) is 4.62. The molecule has 1 saturated heterocycles. The molecule has 2 rings (SSSR count). The Balaban J connectivity index is 1.60. The van der Waals surface area contributed by atoms with Gasteiger partial charge in [-0.15, -0.1) is 0 Å². The number of hydrogen-bond acceptors (Lipinski definition) is 3. The van der Waals surface area contributed by atoms with Crippen LogP contribution in [0.3, 0.4) is 0 Å².